The number of anilines is 2. The molecule has 1 fully saturated rings. The van der Waals surface area contributed by atoms with Crippen molar-refractivity contribution in [1.82, 2.24) is 19.8 Å². The minimum absolute atomic E-state index is 0.0169. The molecular weight excluding hydrogens is 504 g/mol. The van der Waals surface area contributed by atoms with Gasteiger partial charge in [-0.3, -0.25) is 19.5 Å². The van der Waals surface area contributed by atoms with Gasteiger partial charge in [-0.05, 0) is 43.7 Å². The number of Topliss-reactive ketones (excluding diaryl/α,β-unsaturated/α-hetero) is 1. The summed E-state index contributed by atoms with van der Waals surface area (Å²) in [5.74, 6) is 1.16. The molecule has 0 radical (unpaired) electrons. The molecule has 2 aromatic rings. The molecule has 2 atom stereocenters. The number of hydrogen-bond donors (Lipinski definition) is 1. The molecule has 2 aliphatic heterocycles. The van der Waals surface area contributed by atoms with Crippen LogP contribution in [0.1, 0.15) is 76.7 Å². The van der Waals surface area contributed by atoms with E-state index in [4.69, 9.17) is 4.74 Å². The number of amides is 1. The van der Waals surface area contributed by atoms with Gasteiger partial charge in [0.15, 0.2) is 5.78 Å². The number of nitrogens with one attached hydrogen (secondary N) is 1. The lowest BCUT2D eigenvalue weighted by Crippen LogP contribution is -2.48. The summed E-state index contributed by atoms with van der Waals surface area (Å²) in [4.78, 5) is 39.3. The molecule has 3 heterocycles. The number of ketones is 1. The van der Waals surface area contributed by atoms with E-state index < -0.39 is 0 Å². The Bertz CT molecular complexity index is 1210. The number of cyclic esters (lactones) is 1. The Kier molecular flexibility index (Phi) is 9.26. The first-order chi connectivity index (χ1) is 18.9. The highest BCUT2D eigenvalue weighted by atomic mass is 16.6. The van der Waals surface area contributed by atoms with Crippen LogP contribution in [0.2, 0.25) is 0 Å². The summed E-state index contributed by atoms with van der Waals surface area (Å²) in [6, 6.07) is 9.16. The number of benzene rings is 1. The van der Waals surface area contributed by atoms with Gasteiger partial charge in [-0.2, -0.15) is 4.98 Å². The van der Waals surface area contributed by atoms with Gasteiger partial charge in [0.25, 0.3) is 0 Å². The van der Waals surface area contributed by atoms with E-state index in [1.165, 1.54) is 10.5 Å². The fourth-order valence-corrected chi connectivity index (χ4v) is 5.32. The molecule has 1 unspecified atom stereocenters. The zero-order valence-corrected chi connectivity index (χ0v) is 24.9. The third-order valence-corrected chi connectivity index (χ3v) is 7.72. The maximum absolute atomic E-state index is 12.1. The van der Waals surface area contributed by atoms with Crippen molar-refractivity contribution in [2.75, 3.05) is 49.5 Å². The van der Waals surface area contributed by atoms with Gasteiger partial charge in [0.2, 0.25) is 5.95 Å². The van der Waals surface area contributed by atoms with Gasteiger partial charge in [0.05, 0.1) is 11.6 Å². The molecule has 1 N–H and O–H groups in total. The molecule has 9 heteroatoms. The van der Waals surface area contributed by atoms with E-state index in [2.05, 4.69) is 83.6 Å². The normalized spacial score (nSPS) is 18.1. The number of rotatable bonds is 10. The minimum atomic E-state index is -0.379. The van der Waals surface area contributed by atoms with Crippen LogP contribution in [-0.2, 0) is 16.1 Å². The SMILES string of the molecule is C=C(CN1CCN(C(CC(C)(C)C)c2ccc([C@H](C)Nc3ncc4c(n3)N(CC)C(=O)OC4)cc2)CC1)C(C)=O. The van der Waals surface area contributed by atoms with Crippen molar-refractivity contribution in [2.24, 2.45) is 5.41 Å². The summed E-state index contributed by atoms with van der Waals surface area (Å²) in [5.41, 5.74) is 4.12. The monoisotopic (exact) mass is 548 g/mol. The summed E-state index contributed by atoms with van der Waals surface area (Å²) in [7, 11) is 0. The molecule has 1 aromatic carbocycles. The Morgan fingerprint density at radius 2 is 1.77 bits per heavy atom. The number of nitrogens with zero attached hydrogens (tertiary/aromatic N) is 5. The first-order valence-electron chi connectivity index (χ1n) is 14.3. The number of ether oxygens (including phenoxy) is 1. The zero-order valence-electron chi connectivity index (χ0n) is 24.9. The van der Waals surface area contributed by atoms with E-state index in [0.29, 0.717) is 36.5 Å². The number of aromatic nitrogens is 2. The van der Waals surface area contributed by atoms with Crippen LogP contribution >= 0.6 is 0 Å². The Morgan fingerprint density at radius 3 is 2.38 bits per heavy atom. The third-order valence-electron chi connectivity index (χ3n) is 7.72. The van der Waals surface area contributed by atoms with E-state index in [9.17, 15) is 9.59 Å². The Labute approximate surface area is 238 Å². The molecule has 40 heavy (non-hydrogen) atoms. The lowest BCUT2D eigenvalue weighted by molar-refractivity contribution is -0.113. The van der Waals surface area contributed by atoms with Crippen LogP contribution in [0.3, 0.4) is 0 Å². The topological polar surface area (TPSA) is 90.9 Å². The minimum Gasteiger partial charge on any atom is -0.444 e. The van der Waals surface area contributed by atoms with Gasteiger partial charge >= 0.3 is 6.09 Å². The van der Waals surface area contributed by atoms with Crippen LogP contribution in [0.5, 0.6) is 0 Å². The van der Waals surface area contributed by atoms with E-state index in [1.807, 2.05) is 6.92 Å². The fourth-order valence-electron chi connectivity index (χ4n) is 5.32. The molecule has 0 bridgehead atoms. The van der Waals surface area contributed by atoms with Crippen molar-refractivity contribution >= 4 is 23.6 Å². The number of carbonyl (C=O) groups is 2. The predicted molar refractivity (Wildman–Crippen MR) is 158 cm³/mol. The van der Waals surface area contributed by atoms with Crippen molar-refractivity contribution < 1.29 is 14.3 Å². The zero-order chi connectivity index (χ0) is 29.0. The second-order valence-corrected chi connectivity index (χ2v) is 12.1. The quantitative estimate of drug-likeness (QED) is 0.397. The number of hydrogen-bond acceptors (Lipinski definition) is 8. The highest BCUT2D eigenvalue weighted by Crippen LogP contribution is 2.35. The first-order valence-corrected chi connectivity index (χ1v) is 14.3. The summed E-state index contributed by atoms with van der Waals surface area (Å²) in [6.45, 7) is 21.5. The van der Waals surface area contributed by atoms with E-state index in [-0.39, 0.29) is 29.9 Å². The van der Waals surface area contributed by atoms with Gasteiger partial charge < -0.3 is 10.1 Å². The summed E-state index contributed by atoms with van der Waals surface area (Å²) >= 11 is 0. The maximum Gasteiger partial charge on any atom is 0.415 e. The smallest absolute Gasteiger partial charge is 0.415 e. The van der Waals surface area contributed by atoms with Crippen LogP contribution in [0.4, 0.5) is 16.6 Å². The standard InChI is InChI=1S/C31H44N6O3/c1-8-37-28-26(20-40-30(37)39)18-32-29(34-28)33-22(3)24-9-11-25(12-10-24)27(17-31(5,6)7)36-15-13-35(14-16-36)19-21(2)23(4)38/h9-12,18,22,27H,2,8,13-17,19-20H2,1,3-7H3,(H,32,33,34)/t22-,27?/m0/s1. The number of fused-ring (bicyclic) bond motifs is 1. The Balaban J connectivity index is 1.44. The maximum atomic E-state index is 12.1. The summed E-state index contributed by atoms with van der Waals surface area (Å²) in [5, 5.41) is 3.40. The lowest BCUT2D eigenvalue weighted by Gasteiger charge is -2.41. The van der Waals surface area contributed by atoms with E-state index >= 15 is 0 Å². The molecule has 0 aliphatic carbocycles. The van der Waals surface area contributed by atoms with Gasteiger partial charge in [-0.15, -0.1) is 0 Å². The lowest BCUT2D eigenvalue weighted by atomic mass is 9.84. The van der Waals surface area contributed by atoms with E-state index in [0.717, 1.165) is 43.7 Å². The van der Waals surface area contributed by atoms with Crippen LogP contribution < -0.4 is 10.2 Å². The number of piperazine rings is 1. The first kappa shape index (κ1) is 29.7. The molecule has 1 aromatic heterocycles. The van der Waals surface area contributed by atoms with Gasteiger partial charge in [0.1, 0.15) is 12.4 Å². The van der Waals surface area contributed by atoms with Crippen molar-refractivity contribution in [3.63, 3.8) is 0 Å². The van der Waals surface area contributed by atoms with Crippen molar-refractivity contribution in [3.8, 4) is 0 Å². The molecule has 4 rings (SSSR count). The van der Waals surface area contributed by atoms with Gasteiger partial charge in [0, 0.05) is 57.1 Å². The molecule has 1 saturated heterocycles. The van der Waals surface area contributed by atoms with Gasteiger partial charge in [-0.25, -0.2) is 9.78 Å². The Hall–Kier alpha value is -3.30. The third kappa shape index (κ3) is 7.26. The Morgan fingerprint density at radius 1 is 1.12 bits per heavy atom. The number of carbonyl (C=O) groups excluding carboxylic acids is 2. The van der Waals surface area contributed by atoms with Gasteiger partial charge in [-0.1, -0.05) is 51.6 Å². The molecule has 2 aliphatic rings. The largest absolute Gasteiger partial charge is 0.444 e. The van der Waals surface area contributed by atoms with Crippen molar-refractivity contribution in [1.29, 1.82) is 0 Å². The van der Waals surface area contributed by atoms with E-state index in [1.54, 1.807) is 13.1 Å². The van der Waals surface area contributed by atoms with Crippen LogP contribution in [0.15, 0.2) is 42.6 Å². The predicted octanol–water partition coefficient (Wildman–Crippen LogP) is 5.37. The molecule has 9 nitrogen and oxygen atoms in total. The van der Waals surface area contributed by atoms with Crippen molar-refractivity contribution in [3.05, 3.63) is 59.3 Å². The molecular formula is C31H44N6O3. The summed E-state index contributed by atoms with van der Waals surface area (Å²) < 4.78 is 5.20. The molecule has 1 amide bonds. The second kappa shape index (κ2) is 12.5. The second-order valence-electron chi connectivity index (χ2n) is 12.1. The highest BCUT2D eigenvalue weighted by Gasteiger charge is 2.30. The van der Waals surface area contributed by atoms with Crippen LogP contribution in [0, 0.1) is 5.41 Å². The highest BCUT2D eigenvalue weighted by molar-refractivity contribution is 5.93. The summed E-state index contributed by atoms with van der Waals surface area (Å²) in [6.07, 6.45) is 2.40. The average molecular weight is 549 g/mol. The fraction of sp³-hybridized carbons (Fsp3) is 0.548. The van der Waals surface area contributed by atoms with Crippen LogP contribution in [0.25, 0.3) is 0 Å². The van der Waals surface area contributed by atoms with Crippen LogP contribution in [-0.4, -0.2) is 70.9 Å². The molecule has 0 spiro atoms. The molecule has 0 saturated carbocycles. The van der Waals surface area contributed by atoms with Crippen molar-refractivity contribution in [2.45, 2.75) is 66.7 Å². The molecule has 216 valence electrons. The average Bonchev–Trinajstić information content (AvgIpc) is 2.91.